The molecule has 0 spiro atoms. The van der Waals surface area contributed by atoms with Crippen LogP contribution in [0.15, 0.2) is 65.6 Å². The summed E-state index contributed by atoms with van der Waals surface area (Å²) in [6.07, 6.45) is 8.35. The third-order valence-electron chi connectivity index (χ3n) is 6.19. The molecule has 4 rings (SSSR count). The Balaban J connectivity index is 1.23. The van der Waals surface area contributed by atoms with Crippen LogP contribution in [0.4, 0.5) is 0 Å². The molecule has 1 aliphatic carbocycles. The number of rotatable bonds is 9. The minimum atomic E-state index is -3.45. The topological polar surface area (TPSA) is 69.7 Å². The third kappa shape index (κ3) is 7.25. The average molecular weight is 468 g/mol. The van der Waals surface area contributed by atoms with E-state index in [1.54, 1.807) is 36.4 Å². The summed E-state index contributed by atoms with van der Waals surface area (Å²) in [7, 11) is -3.45. The Morgan fingerprint density at radius 2 is 1.73 bits per heavy atom. The molecule has 2 aromatic rings. The van der Waals surface area contributed by atoms with E-state index in [4.69, 9.17) is 0 Å². The molecule has 1 N–H and O–H groups in total. The van der Waals surface area contributed by atoms with Crippen molar-refractivity contribution in [3.8, 4) is 0 Å². The predicted molar refractivity (Wildman–Crippen MR) is 131 cm³/mol. The van der Waals surface area contributed by atoms with Gasteiger partial charge in [-0.1, -0.05) is 42.5 Å². The minimum absolute atomic E-state index is 0.00762. The lowest BCUT2D eigenvalue weighted by Gasteiger charge is -2.21. The first-order valence-electron chi connectivity index (χ1n) is 11.9. The van der Waals surface area contributed by atoms with E-state index in [9.17, 15) is 13.2 Å². The number of sulfonamides is 1. The van der Waals surface area contributed by atoms with Crippen LogP contribution >= 0.6 is 0 Å². The Morgan fingerprint density at radius 1 is 0.970 bits per heavy atom. The maximum Gasteiger partial charge on any atom is 0.246 e. The number of carbonyl (C=O) groups excluding carboxylic acids is 1. The Labute approximate surface area is 197 Å². The first-order valence-corrected chi connectivity index (χ1v) is 13.3. The molecule has 1 amide bonds. The van der Waals surface area contributed by atoms with Crippen LogP contribution in [0.2, 0.25) is 0 Å². The highest BCUT2D eigenvalue weighted by Gasteiger charge is 2.27. The molecule has 1 saturated carbocycles. The quantitative estimate of drug-likeness (QED) is 0.575. The number of hydrogen-bond acceptors (Lipinski definition) is 4. The summed E-state index contributed by atoms with van der Waals surface area (Å²) in [4.78, 5) is 17.3. The van der Waals surface area contributed by atoms with Gasteiger partial charge in [-0.3, -0.25) is 4.79 Å². The van der Waals surface area contributed by atoms with E-state index in [0.717, 1.165) is 70.4 Å². The van der Waals surface area contributed by atoms with E-state index in [-0.39, 0.29) is 16.8 Å². The molecule has 1 saturated heterocycles. The summed E-state index contributed by atoms with van der Waals surface area (Å²) in [6.45, 7) is 4.47. The van der Waals surface area contributed by atoms with Gasteiger partial charge in [0.15, 0.2) is 0 Å². The SMILES string of the molecule is O=C(C=Cc1ccc(S(=O)(=O)NC2CC2)cc1)N1CCCN(CCCc2ccccc2)CC1. The normalized spacial score (nSPS) is 17.9. The van der Waals surface area contributed by atoms with Crippen LogP contribution in [-0.4, -0.2) is 62.9 Å². The van der Waals surface area contributed by atoms with Crippen LogP contribution in [0.1, 0.15) is 36.8 Å². The first kappa shape index (κ1) is 23.7. The smallest absolute Gasteiger partial charge is 0.246 e. The molecule has 0 unspecified atom stereocenters. The monoisotopic (exact) mass is 467 g/mol. The van der Waals surface area contributed by atoms with Gasteiger partial charge in [0.05, 0.1) is 4.90 Å². The molecule has 1 aliphatic heterocycles. The summed E-state index contributed by atoms with van der Waals surface area (Å²) in [5.74, 6) is 0.00762. The number of hydrogen-bond donors (Lipinski definition) is 1. The summed E-state index contributed by atoms with van der Waals surface area (Å²) < 4.78 is 27.2. The van der Waals surface area contributed by atoms with Gasteiger partial charge in [0.2, 0.25) is 15.9 Å². The van der Waals surface area contributed by atoms with Crippen molar-refractivity contribution in [2.24, 2.45) is 0 Å². The molecule has 7 heteroatoms. The number of carbonyl (C=O) groups is 1. The van der Waals surface area contributed by atoms with Crippen molar-refractivity contribution in [3.63, 3.8) is 0 Å². The standard InChI is InChI=1S/C26H33N3O3S/c30-26(16-11-23-9-14-25(15-10-23)33(31,32)27-24-12-13-24)29-19-5-18-28(20-21-29)17-4-8-22-6-2-1-3-7-22/h1-3,6-7,9-11,14-16,24,27H,4-5,8,12-13,17-21H2. The van der Waals surface area contributed by atoms with Crippen LogP contribution < -0.4 is 4.72 Å². The van der Waals surface area contributed by atoms with Crippen molar-refractivity contribution in [1.82, 2.24) is 14.5 Å². The second-order valence-electron chi connectivity index (χ2n) is 8.91. The van der Waals surface area contributed by atoms with E-state index in [0.29, 0.717) is 0 Å². The second kappa shape index (κ2) is 11.1. The number of aryl methyl sites for hydroxylation is 1. The van der Waals surface area contributed by atoms with Crippen LogP contribution in [-0.2, 0) is 21.2 Å². The maximum absolute atomic E-state index is 12.7. The fraction of sp³-hybridized carbons (Fsp3) is 0.423. The summed E-state index contributed by atoms with van der Waals surface area (Å²) >= 11 is 0. The second-order valence-corrected chi connectivity index (χ2v) is 10.6. The fourth-order valence-electron chi connectivity index (χ4n) is 4.09. The molecule has 33 heavy (non-hydrogen) atoms. The molecule has 0 bridgehead atoms. The van der Waals surface area contributed by atoms with E-state index in [1.807, 2.05) is 11.0 Å². The third-order valence-corrected chi connectivity index (χ3v) is 7.73. The zero-order chi connectivity index (χ0) is 23.1. The first-order chi connectivity index (χ1) is 16.0. The van der Waals surface area contributed by atoms with Crippen molar-refractivity contribution in [1.29, 1.82) is 0 Å². The van der Waals surface area contributed by atoms with E-state index >= 15 is 0 Å². The highest BCUT2D eigenvalue weighted by Crippen LogP contribution is 2.22. The highest BCUT2D eigenvalue weighted by molar-refractivity contribution is 7.89. The molecule has 6 nitrogen and oxygen atoms in total. The molecular weight excluding hydrogens is 434 g/mol. The largest absolute Gasteiger partial charge is 0.338 e. The lowest BCUT2D eigenvalue weighted by Crippen LogP contribution is -2.34. The number of amides is 1. The average Bonchev–Trinajstić information content (AvgIpc) is 3.65. The molecule has 0 atom stereocenters. The number of nitrogens with one attached hydrogen (secondary N) is 1. The van der Waals surface area contributed by atoms with Crippen LogP contribution in [0, 0.1) is 0 Å². The molecule has 0 aromatic heterocycles. The van der Waals surface area contributed by atoms with Crippen molar-refractivity contribution < 1.29 is 13.2 Å². The molecule has 2 aromatic carbocycles. The summed E-state index contributed by atoms with van der Waals surface area (Å²) in [5.41, 5.74) is 2.19. The van der Waals surface area contributed by atoms with E-state index in [2.05, 4.69) is 33.9 Å². The van der Waals surface area contributed by atoms with Crippen LogP contribution in [0.25, 0.3) is 6.08 Å². The predicted octanol–water partition coefficient (Wildman–Crippen LogP) is 3.31. The van der Waals surface area contributed by atoms with Crippen molar-refractivity contribution in [2.45, 2.75) is 43.0 Å². The zero-order valence-corrected chi connectivity index (χ0v) is 19.8. The van der Waals surface area contributed by atoms with Crippen LogP contribution in [0.5, 0.6) is 0 Å². The zero-order valence-electron chi connectivity index (χ0n) is 19.0. The van der Waals surface area contributed by atoms with Gasteiger partial charge in [-0.25, -0.2) is 13.1 Å². The van der Waals surface area contributed by atoms with Gasteiger partial charge in [-0.2, -0.15) is 0 Å². The van der Waals surface area contributed by atoms with Crippen molar-refractivity contribution in [3.05, 3.63) is 71.8 Å². The lowest BCUT2D eigenvalue weighted by atomic mass is 10.1. The minimum Gasteiger partial charge on any atom is -0.338 e. The van der Waals surface area contributed by atoms with E-state index < -0.39 is 10.0 Å². The Bertz CT molecular complexity index is 1050. The van der Waals surface area contributed by atoms with Crippen molar-refractivity contribution >= 4 is 22.0 Å². The van der Waals surface area contributed by atoms with Gasteiger partial charge in [0.1, 0.15) is 0 Å². The maximum atomic E-state index is 12.7. The van der Waals surface area contributed by atoms with Gasteiger partial charge < -0.3 is 9.80 Å². The van der Waals surface area contributed by atoms with Gasteiger partial charge in [-0.05, 0) is 74.5 Å². The molecule has 2 fully saturated rings. The van der Waals surface area contributed by atoms with Gasteiger partial charge in [0.25, 0.3) is 0 Å². The molecule has 1 heterocycles. The van der Waals surface area contributed by atoms with Gasteiger partial charge in [-0.15, -0.1) is 0 Å². The van der Waals surface area contributed by atoms with Crippen molar-refractivity contribution in [2.75, 3.05) is 32.7 Å². The Morgan fingerprint density at radius 3 is 2.45 bits per heavy atom. The Kier molecular flexibility index (Phi) is 7.96. The van der Waals surface area contributed by atoms with Gasteiger partial charge >= 0.3 is 0 Å². The highest BCUT2D eigenvalue weighted by atomic mass is 32.2. The molecule has 0 radical (unpaired) electrons. The summed E-state index contributed by atoms with van der Waals surface area (Å²) in [5, 5.41) is 0. The van der Waals surface area contributed by atoms with Gasteiger partial charge in [0, 0.05) is 31.8 Å². The van der Waals surface area contributed by atoms with Crippen LogP contribution in [0.3, 0.4) is 0 Å². The molecular formula is C26H33N3O3S. The fourth-order valence-corrected chi connectivity index (χ4v) is 5.39. The number of benzene rings is 2. The lowest BCUT2D eigenvalue weighted by molar-refractivity contribution is -0.125. The summed E-state index contributed by atoms with van der Waals surface area (Å²) in [6, 6.07) is 17.3. The van der Waals surface area contributed by atoms with E-state index in [1.165, 1.54) is 5.56 Å². The molecule has 2 aliphatic rings. The molecule has 176 valence electrons. The number of nitrogens with zero attached hydrogens (tertiary/aromatic N) is 2. The Hall–Kier alpha value is -2.48.